The maximum atomic E-state index is 16.1. The van der Waals surface area contributed by atoms with Gasteiger partial charge in [0.1, 0.15) is 22.8 Å². The van der Waals surface area contributed by atoms with Crippen LogP contribution < -0.4 is 9.47 Å². The standard InChI is InChI=1S/C28H27F5N4O3/c1-4-15-16-6-8-20(38)21(17(16)5-7-19(15)29)24-22(30)23-18(11-34-24)25(39-14-28(31,32)33)36-26(35-23)40-13-27(9-10-27)12-37(2)3/h5-8,11,38H,4,9-10,12-14H2,1-3H3. The first-order chi connectivity index (χ1) is 18.9. The van der Waals surface area contributed by atoms with Gasteiger partial charge in [-0.05, 0) is 61.8 Å². The topological polar surface area (TPSA) is 80.6 Å². The van der Waals surface area contributed by atoms with Crippen molar-refractivity contribution in [2.24, 2.45) is 5.41 Å². The average molecular weight is 563 g/mol. The van der Waals surface area contributed by atoms with E-state index in [1.807, 2.05) is 19.0 Å². The van der Waals surface area contributed by atoms with Crippen LogP contribution in [0.25, 0.3) is 32.9 Å². The number of nitrogens with zero attached hydrogens (tertiary/aromatic N) is 4. The fraction of sp³-hybridized carbons (Fsp3) is 0.393. The summed E-state index contributed by atoms with van der Waals surface area (Å²) in [6, 6.07) is 5.14. The SMILES string of the molecule is CCc1c(F)ccc2c(-c3ncc4c(OCC(F)(F)F)nc(OCC5(CN(C)C)CC5)nc4c3F)c(O)ccc12. The third-order valence-corrected chi connectivity index (χ3v) is 6.94. The Kier molecular flexibility index (Phi) is 7.15. The van der Waals surface area contributed by atoms with Crippen LogP contribution in [0.3, 0.4) is 0 Å². The molecule has 0 aliphatic heterocycles. The van der Waals surface area contributed by atoms with E-state index >= 15 is 4.39 Å². The van der Waals surface area contributed by atoms with E-state index in [9.17, 15) is 22.7 Å². The number of pyridine rings is 1. The molecule has 5 rings (SSSR count). The molecule has 2 aromatic heterocycles. The quantitative estimate of drug-likeness (QED) is 0.249. The summed E-state index contributed by atoms with van der Waals surface area (Å²) >= 11 is 0. The lowest BCUT2D eigenvalue weighted by Crippen LogP contribution is -2.28. The minimum Gasteiger partial charge on any atom is -0.507 e. The summed E-state index contributed by atoms with van der Waals surface area (Å²) < 4.78 is 80.2. The molecule has 1 N–H and O–H groups in total. The molecule has 0 saturated heterocycles. The first-order valence-electron chi connectivity index (χ1n) is 12.7. The van der Waals surface area contributed by atoms with Crippen molar-refractivity contribution >= 4 is 21.7 Å². The van der Waals surface area contributed by atoms with Crippen LogP contribution in [0.15, 0.2) is 30.5 Å². The number of halogens is 5. The highest BCUT2D eigenvalue weighted by molar-refractivity contribution is 6.02. The molecular weight excluding hydrogens is 535 g/mol. The van der Waals surface area contributed by atoms with Crippen molar-refractivity contribution in [2.75, 3.05) is 33.9 Å². The molecule has 1 aliphatic carbocycles. The van der Waals surface area contributed by atoms with Gasteiger partial charge in [-0.2, -0.15) is 23.1 Å². The number of hydrogen-bond acceptors (Lipinski definition) is 7. The number of benzene rings is 2. The monoisotopic (exact) mass is 562 g/mol. The van der Waals surface area contributed by atoms with Gasteiger partial charge in [-0.15, -0.1) is 0 Å². The van der Waals surface area contributed by atoms with Crippen molar-refractivity contribution in [3.8, 4) is 28.9 Å². The van der Waals surface area contributed by atoms with Crippen LogP contribution in [0.2, 0.25) is 0 Å². The zero-order chi connectivity index (χ0) is 28.8. The smallest absolute Gasteiger partial charge is 0.422 e. The van der Waals surface area contributed by atoms with Gasteiger partial charge in [0.15, 0.2) is 12.4 Å². The van der Waals surface area contributed by atoms with E-state index in [1.165, 1.54) is 24.3 Å². The summed E-state index contributed by atoms with van der Waals surface area (Å²) in [4.78, 5) is 14.3. The highest BCUT2D eigenvalue weighted by atomic mass is 19.4. The van der Waals surface area contributed by atoms with Gasteiger partial charge in [0.2, 0.25) is 5.88 Å². The van der Waals surface area contributed by atoms with Crippen LogP contribution in [0.4, 0.5) is 22.0 Å². The first kappa shape index (κ1) is 27.8. The predicted octanol–water partition coefficient (Wildman–Crippen LogP) is 6.05. The fourth-order valence-electron chi connectivity index (χ4n) is 4.96. The van der Waals surface area contributed by atoms with E-state index in [2.05, 4.69) is 15.0 Å². The molecule has 1 saturated carbocycles. The molecule has 0 bridgehead atoms. The Bertz CT molecular complexity index is 1590. The number of hydrogen-bond donors (Lipinski definition) is 1. The van der Waals surface area contributed by atoms with Gasteiger partial charge in [-0.25, -0.2) is 8.78 Å². The number of ether oxygens (including phenoxy) is 2. The normalized spacial score (nSPS) is 14.7. The van der Waals surface area contributed by atoms with Gasteiger partial charge in [0.05, 0.1) is 17.6 Å². The molecule has 0 spiro atoms. The lowest BCUT2D eigenvalue weighted by atomic mass is 9.95. The number of rotatable bonds is 9. The number of phenols is 1. The molecular formula is C28H27F5N4O3. The Labute approximate surface area is 226 Å². The number of aromatic hydroxyl groups is 1. The van der Waals surface area contributed by atoms with Crippen LogP contribution in [0.1, 0.15) is 25.3 Å². The third kappa shape index (κ3) is 5.45. The fourth-order valence-corrected chi connectivity index (χ4v) is 4.96. The minimum atomic E-state index is -4.67. The summed E-state index contributed by atoms with van der Waals surface area (Å²) in [7, 11) is 3.83. The molecule has 2 aromatic carbocycles. The van der Waals surface area contributed by atoms with Gasteiger partial charge < -0.3 is 19.5 Å². The second-order valence-electron chi connectivity index (χ2n) is 10.4. The van der Waals surface area contributed by atoms with E-state index in [1.54, 1.807) is 6.92 Å². The highest BCUT2D eigenvalue weighted by Crippen LogP contribution is 2.46. The summed E-state index contributed by atoms with van der Waals surface area (Å²) in [5, 5.41) is 11.3. The van der Waals surface area contributed by atoms with Gasteiger partial charge in [0.25, 0.3) is 0 Å². The number of alkyl halides is 3. The zero-order valence-corrected chi connectivity index (χ0v) is 22.1. The third-order valence-electron chi connectivity index (χ3n) is 6.94. The Morgan fingerprint density at radius 1 is 1.00 bits per heavy atom. The maximum absolute atomic E-state index is 16.1. The van der Waals surface area contributed by atoms with E-state index in [4.69, 9.17) is 9.47 Å². The molecule has 0 amide bonds. The minimum absolute atomic E-state index is 0.00615. The molecule has 7 nitrogen and oxygen atoms in total. The van der Waals surface area contributed by atoms with Crippen LogP contribution in [-0.4, -0.2) is 65.0 Å². The Hall–Kier alpha value is -3.80. The van der Waals surface area contributed by atoms with Crippen molar-refractivity contribution in [1.82, 2.24) is 19.9 Å². The predicted molar refractivity (Wildman–Crippen MR) is 138 cm³/mol. The number of aromatic nitrogens is 3. The molecule has 2 heterocycles. The molecule has 212 valence electrons. The molecule has 40 heavy (non-hydrogen) atoms. The summed E-state index contributed by atoms with van der Waals surface area (Å²) in [6.45, 7) is 1.01. The highest BCUT2D eigenvalue weighted by Gasteiger charge is 2.44. The van der Waals surface area contributed by atoms with E-state index in [-0.39, 0.29) is 45.9 Å². The number of aryl methyl sites for hydroxylation is 1. The van der Waals surface area contributed by atoms with Gasteiger partial charge in [0, 0.05) is 18.2 Å². The van der Waals surface area contributed by atoms with Crippen LogP contribution in [0, 0.1) is 17.0 Å². The lowest BCUT2D eigenvalue weighted by Gasteiger charge is -2.20. The molecule has 0 radical (unpaired) electrons. The van der Waals surface area contributed by atoms with Gasteiger partial charge in [-0.3, -0.25) is 4.98 Å². The Morgan fingerprint density at radius 3 is 2.38 bits per heavy atom. The van der Waals surface area contributed by atoms with E-state index in [0.717, 1.165) is 25.6 Å². The second-order valence-corrected chi connectivity index (χ2v) is 10.4. The lowest BCUT2D eigenvalue weighted by molar-refractivity contribution is -0.153. The van der Waals surface area contributed by atoms with Crippen LogP contribution in [0.5, 0.6) is 17.6 Å². The maximum Gasteiger partial charge on any atom is 0.422 e. The molecule has 0 unspecified atom stereocenters. The second kappa shape index (κ2) is 10.3. The first-order valence-corrected chi connectivity index (χ1v) is 12.7. The van der Waals surface area contributed by atoms with Crippen LogP contribution in [-0.2, 0) is 6.42 Å². The van der Waals surface area contributed by atoms with Gasteiger partial charge in [-0.1, -0.05) is 19.1 Å². The summed E-state index contributed by atoms with van der Waals surface area (Å²) in [6.07, 6.45) is -1.46. The van der Waals surface area contributed by atoms with Crippen molar-refractivity contribution in [1.29, 1.82) is 0 Å². The van der Waals surface area contributed by atoms with Crippen molar-refractivity contribution in [3.63, 3.8) is 0 Å². The van der Waals surface area contributed by atoms with Crippen molar-refractivity contribution in [2.45, 2.75) is 32.4 Å². The largest absolute Gasteiger partial charge is 0.507 e. The van der Waals surface area contributed by atoms with E-state index < -0.39 is 30.3 Å². The molecule has 1 aliphatic rings. The molecule has 0 atom stereocenters. The number of fused-ring (bicyclic) bond motifs is 2. The average Bonchev–Trinajstić information content (AvgIpc) is 3.65. The summed E-state index contributed by atoms with van der Waals surface area (Å²) in [5.41, 5.74) is -0.487. The summed E-state index contributed by atoms with van der Waals surface area (Å²) in [5.74, 6) is -2.32. The Morgan fingerprint density at radius 2 is 1.73 bits per heavy atom. The molecule has 4 aromatic rings. The zero-order valence-electron chi connectivity index (χ0n) is 22.1. The van der Waals surface area contributed by atoms with Crippen LogP contribution >= 0.6 is 0 Å². The van der Waals surface area contributed by atoms with Gasteiger partial charge >= 0.3 is 12.2 Å². The molecule has 12 heteroatoms. The van der Waals surface area contributed by atoms with Crippen molar-refractivity contribution in [3.05, 3.63) is 47.7 Å². The number of phenolic OH excluding ortho intramolecular Hbond substituents is 1. The van der Waals surface area contributed by atoms with Crippen molar-refractivity contribution < 1.29 is 36.5 Å². The van der Waals surface area contributed by atoms with E-state index in [0.29, 0.717) is 22.8 Å². The Balaban J connectivity index is 1.64. The molecule has 1 fully saturated rings.